The van der Waals surface area contributed by atoms with Crippen molar-refractivity contribution in [2.45, 2.75) is 19.5 Å². The van der Waals surface area contributed by atoms with Crippen LogP contribution in [0.3, 0.4) is 0 Å². The zero-order valence-corrected chi connectivity index (χ0v) is 13.1. The second-order valence-electron chi connectivity index (χ2n) is 4.93. The number of hydrogen-bond acceptors (Lipinski definition) is 3. The molecule has 112 valence electrons. The number of halogens is 2. The van der Waals surface area contributed by atoms with E-state index in [0.29, 0.717) is 24.2 Å². The molecule has 0 unspecified atom stereocenters. The Hall–Kier alpha value is -0.810. The lowest BCUT2D eigenvalue weighted by molar-refractivity contribution is -0.123. The van der Waals surface area contributed by atoms with Crippen molar-refractivity contribution in [2.75, 3.05) is 26.2 Å². The molecule has 0 radical (unpaired) electrons. The number of hydrogen-bond donors (Lipinski definition) is 2. The summed E-state index contributed by atoms with van der Waals surface area (Å²) in [5.41, 5.74) is 1.02. The molecule has 0 aliphatic carbocycles. The molecule has 1 fully saturated rings. The van der Waals surface area contributed by atoms with Gasteiger partial charge in [0.25, 0.3) is 0 Å². The van der Waals surface area contributed by atoms with Gasteiger partial charge in [0.15, 0.2) is 0 Å². The highest BCUT2D eigenvalue weighted by Crippen LogP contribution is 2.10. The van der Waals surface area contributed by atoms with E-state index in [1.54, 1.807) is 0 Å². The van der Waals surface area contributed by atoms with Crippen LogP contribution in [-0.2, 0) is 11.3 Å². The van der Waals surface area contributed by atoms with Crippen LogP contribution in [0.15, 0.2) is 24.3 Å². The number of rotatable bonds is 4. The maximum atomic E-state index is 11.9. The summed E-state index contributed by atoms with van der Waals surface area (Å²) in [7, 11) is 0. The Balaban J connectivity index is 0.00000200. The number of nitrogens with one attached hydrogen (secondary N) is 2. The van der Waals surface area contributed by atoms with E-state index in [-0.39, 0.29) is 18.3 Å². The molecule has 1 aromatic carbocycles. The van der Waals surface area contributed by atoms with Gasteiger partial charge < -0.3 is 10.6 Å². The minimum Gasteiger partial charge on any atom is -0.351 e. The highest BCUT2D eigenvalue weighted by Gasteiger charge is 2.19. The van der Waals surface area contributed by atoms with Crippen LogP contribution in [0, 0.1) is 0 Å². The van der Waals surface area contributed by atoms with Crippen molar-refractivity contribution in [1.82, 2.24) is 15.5 Å². The van der Waals surface area contributed by atoms with E-state index in [4.69, 9.17) is 11.6 Å². The average molecular weight is 318 g/mol. The normalized spacial score (nSPS) is 19.2. The molecule has 20 heavy (non-hydrogen) atoms. The third-order valence-corrected chi connectivity index (χ3v) is 3.60. The van der Waals surface area contributed by atoms with E-state index in [9.17, 15) is 4.79 Å². The van der Waals surface area contributed by atoms with Crippen LogP contribution in [0.2, 0.25) is 5.02 Å². The molecular formula is C14H21Cl2N3O. The van der Waals surface area contributed by atoms with Gasteiger partial charge in [-0.3, -0.25) is 9.69 Å². The van der Waals surface area contributed by atoms with E-state index in [0.717, 1.165) is 25.2 Å². The molecular weight excluding hydrogens is 297 g/mol. The maximum absolute atomic E-state index is 11.9. The van der Waals surface area contributed by atoms with Crippen molar-refractivity contribution in [2.24, 2.45) is 0 Å². The Morgan fingerprint density at radius 3 is 3.05 bits per heavy atom. The molecule has 1 heterocycles. The standard InChI is InChI=1S/C14H20ClN3O.ClH/c1-11-8-16-5-6-18(11)10-14(19)17-9-12-3-2-4-13(15)7-12;/h2-4,7,11,16H,5-6,8-10H2,1H3,(H,17,19);1H/t11-;/m0./s1. The molecule has 1 aliphatic rings. The lowest BCUT2D eigenvalue weighted by Crippen LogP contribution is -2.52. The Kier molecular flexibility index (Phi) is 7.30. The summed E-state index contributed by atoms with van der Waals surface area (Å²) < 4.78 is 0. The summed E-state index contributed by atoms with van der Waals surface area (Å²) in [6, 6.07) is 7.96. The van der Waals surface area contributed by atoms with E-state index >= 15 is 0 Å². The molecule has 0 saturated carbocycles. The summed E-state index contributed by atoms with van der Waals surface area (Å²) in [6.07, 6.45) is 0. The summed E-state index contributed by atoms with van der Waals surface area (Å²) in [5.74, 6) is 0.0636. The first-order valence-corrected chi connectivity index (χ1v) is 6.99. The van der Waals surface area contributed by atoms with Crippen LogP contribution >= 0.6 is 24.0 Å². The SMILES string of the molecule is C[C@H]1CNCCN1CC(=O)NCc1cccc(Cl)c1.Cl. The number of piperazine rings is 1. The lowest BCUT2D eigenvalue weighted by Gasteiger charge is -2.33. The van der Waals surface area contributed by atoms with Crippen LogP contribution in [0.5, 0.6) is 0 Å². The quantitative estimate of drug-likeness (QED) is 0.888. The van der Waals surface area contributed by atoms with Crippen molar-refractivity contribution in [3.63, 3.8) is 0 Å². The highest BCUT2D eigenvalue weighted by molar-refractivity contribution is 6.30. The van der Waals surface area contributed by atoms with Crippen LogP contribution in [0.25, 0.3) is 0 Å². The Morgan fingerprint density at radius 2 is 2.35 bits per heavy atom. The van der Waals surface area contributed by atoms with Gasteiger partial charge in [-0.05, 0) is 24.6 Å². The number of amides is 1. The summed E-state index contributed by atoms with van der Waals surface area (Å²) >= 11 is 5.91. The van der Waals surface area contributed by atoms with Crippen molar-refractivity contribution in [1.29, 1.82) is 0 Å². The van der Waals surface area contributed by atoms with E-state index in [1.807, 2.05) is 24.3 Å². The molecule has 1 aliphatic heterocycles. The smallest absolute Gasteiger partial charge is 0.234 e. The Labute approximate surface area is 131 Å². The molecule has 0 spiro atoms. The van der Waals surface area contributed by atoms with E-state index in [1.165, 1.54) is 0 Å². The van der Waals surface area contributed by atoms with Crippen LogP contribution in [0.1, 0.15) is 12.5 Å². The monoisotopic (exact) mass is 317 g/mol. The van der Waals surface area contributed by atoms with Gasteiger partial charge in [0.05, 0.1) is 6.54 Å². The van der Waals surface area contributed by atoms with Gasteiger partial charge in [-0.25, -0.2) is 0 Å². The predicted molar refractivity (Wildman–Crippen MR) is 84.5 cm³/mol. The van der Waals surface area contributed by atoms with Gasteiger partial charge in [-0.15, -0.1) is 12.4 Å². The molecule has 1 saturated heterocycles. The van der Waals surface area contributed by atoms with Crippen molar-refractivity contribution < 1.29 is 4.79 Å². The topological polar surface area (TPSA) is 44.4 Å². The van der Waals surface area contributed by atoms with Gasteiger partial charge in [0, 0.05) is 37.2 Å². The van der Waals surface area contributed by atoms with E-state index in [2.05, 4.69) is 22.5 Å². The first-order valence-electron chi connectivity index (χ1n) is 6.61. The number of carbonyl (C=O) groups is 1. The fourth-order valence-electron chi connectivity index (χ4n) is 2.21. The summed E-state index contributed by atoms with van der Waals surface area (Å²) in [5, 5.41) is 6.94. The number of nitrogens with zero attached hydrogens (tertiary/aromatic N) is 1. The summed E-state index contributed by atoms with van der Waals surface area (Å²) in [6.45, 7) is 5.94. The molecule has 0 aromatic heterocycles. The zero-order valence-electron chi connectivity index (χ0n) is 11.6. The molecule has 1 aromatic rings. The fraction of sp³-hybridized carbons (Fsp3) is 0.500. The fourth-order valence-corrected chi connectivity index (χ4v) is 2.42. The molecule has 6 heteroatoms. The van der Waals surface area contributed by atoms with Gasteiger partial charge >= 0.3 is 0 Å². The molecule has 1 amide bonds. The molecule has 0 bridgehead atoms. The van der Waals surface area contributed by atoms with Gasteiger partial charge in [-0.1, -0.05) is 23.7 Å². The third kappa shape index (κ3) is 5.29. The zero-order chi connectivity index (χ0) is 13.7. The third-order valence-electron chi connectivity index (χ3n) is 3.36. The van der Waals surface area contributed by atoms with Gasteiger partial charge in [0.2, 0.25) is 5.91 Å². The first kappa shape index (κ1) is 17.2. The Morgan fingerprint density at radius 1 is 1.55 bits per heavy atom. The molecule has 4 nitrogen and oxygen atoms in total. The molecule has 1 atom stereocenters. The van der Waals surface area contributed by atoms with Gasteiger partial charge in [0.1, 0.15) is 0 Å². The van der Waals surface area contributed by atoms with Crippen LogP contribution in [0.4, 0.5) is 0 Å². The molecule has 2 N–H and O–H groups in total. The van der Waals surface area contributed by atoms with Crippen molar-refractivity contribution in [3.05, 3.63) is 34.9 Å². The first-order chi connectivity index (χ1) is 9.15. The number of carbonyl (C=O) groups excluding carboxylic acids is 1. The van der Waals surface area contributed by atoms with Crippen molar-refractivity contribution >= 4 is 29.9 Å². The minimum atomic E-state index is 0. The molecule has 2 rings (SSSR count). The lowest BCUT2D eigenvalue weighted by atomic mass is 10.2. The van der Waals surface area contributed by atoms with E-state index < -0.39 is 0 Å². The second-order valence-corrected chi connectivity index (χ2v) is 5.37. The highest BCUT2D eigenvalue weighted by atomic mass is 35.5. The maximum Gasteiger partial charge on any atom is 0.234 e. The average Bonchev–Trinajstić information content (AvgIpc) is 2.39. The largest absolute Gasteiger partial charge is 0.351 e. The summed E-state index contributed by atoms with van der Waals surface area (Å²) in [4.78, 5) is 14.1. The Bertz CT molecular complexity index is 442. The van der Waals surface area contributed by atoms with Crippen LogP contribution in [-0.4, -0.2) is 43.0 Å². The van der Waals surface area contributed by atoms with Crippen LogP contribution < -0.4 is 10.6 Å². The second kappa shape index (κ2) is 8.47. The number of benzene rings is 1. The predicted octanol–water partition coefficient (Wildman–Crippen LogP) is 1.67. The minimum absolute atomic E-state index is 0. The van der Waals surface area contributed by atoms with Crippen molar-refractivity contribution in [3.8, 4) is 0 Å². The van der Waals surface area contributed by atoms with Gasteiger partial charge in [-0.2, -0.15) is 0 Å².